The molecule has 2 aromatic heterocycles. The lowest BCUT2D eigenvalue weighted by molar-refractivity contribution is -0.141. The van der Waals surface area contributed by atoms with Gasteiger partial charge in [-0.15, -0.1) is 21.5 Å². The number of ether oxygens (including phenoxy) is 1. The van der Waals surface area contributed by atoms with E-state index in [1.165, 1.54) is 19.2 Å². The monoisotopic (exact) mass is 492 g/mol. The highest BCUT2D eigenvalue weighted by Crippen LogP contribution is 2.39. The van der Waals surface area contributed by atoms with Gasteiger partial charge in [0.05, 0.1) is 19.2 Å². The minimum absolute atomic E-state index is 0.0178. The van der Waals surface area contributed by atoms with Crippen LogP contribution in [0.4, 0.5) is 8.78 Å². The van der Waals surface area contributed by atoms with Crippen molar-refractivity contribution < 1.29 is 18.3 Å². The summed E-state index contributed by atoms with van der Waals surface area (Å²) < 4.78 is 34.6. The predicted molar refractivity (Wildman–Crippen MR) is 130 cm³/mol. The first-order valence-corrected chi connectivity index (χ1v) is 11.8. The molecule has 6 nitrogen and oxygen atoms in total. The van der Waals surface area contributed by atoms with Crippen molar-refractivity contribution in [1.82, 2.24) is 14.8 Å². The zero-order chi connectivity index (χ0) is 24.9. The number of halogens is 2. The van der Waals surface area contributed by atoms with E-state index in [-0.39, 0.29) is 6.42 Å². The Hall–Kier alpha value is -3.72. The third kappa shape index (κ3) is 3.95. The molecule has 0 bridgehead atoms. The Bertz CT molecular complexity index is 1490. The number of aryl methyl sites for hydroxylation is 2. The van der Waals surface area contributed by atoms with Crippen molar-refractivity contribution in [2.75, 3.05) is 7.11 Å². The summed E-state index contributed by atoms with van der Waals surface area (Å²) in [6.07, 6.45) is 0.0178. The number of carbonyl (C=O) groups excluding carboxylic acids is 1. The van der Waals surface area contributed by atoms with Crippen molar-refractivity contribution in [2.24, 2.45) is 4.99 Å². The Kier molecular flexibility index (Phi) is 5.80. The maximum atomic E-state index is 14.3. The van der Waals surface area contributed by atoms with Crippen LogP contribution in [0.1, 0.15) is 45.7 Å². The fourth-order valence-electron chi connectivity index (χ4n) is 4.30. The molecule has 178 valence electrons. The molecule has 0 radical (unpaired) electrons. The second kappa shape index (κ2) is 8.81. The molecular weight excluding hydrogens is 470 g/mol. The van der Waals surface area contributed by atoms with Gasteiger partial charge in [-0.2, -0.15) is 0 Å². The molecule has 0 fully saturated rings. The lowest BCUT2D eigenvalue weighted by atomic mass is 9.97. The van der Waals surface area contributed by atoms with Crippen molar-refractivity contribution in [1.29, 1.82) is 0 Å². The molecule has 0 saturated carbocycles. The first-order valence-electron chi connectivity index (χ1n) is 11.0. The van der Waals surface area contributed by atoms with E-state index in [0.717, 1.165) is 32.6 Å². The van der Waals surface area contributed by atoms with Crippen molar-refractivity contribution in [3.63, 3.8) is 0 Å². The Balaban J connectivity index is 1.67. The van der Waals surface area contributed by atoms with Crippen molar-refractivity contribution in [3.05, 3.63) is 87.3 Å². The molecule has 4 aromatic rings. The quantitative estimate of drug-likeness (QED) is 0.345. The Labute approximate surface area is 204 Å². The molecule has 2 aromatic carbocycles. The van der Waals surface area contributed by atoms with Gasteiger partial charge in [0.2, 0.25) is 0 Å². The number of aromatic nitrogens is 3. The molecular formula is C26H22F2N4O2S. The van der Waals surface area contributed by atoms with E-state index in [9.17, 15) is 13.6 Å². The number of thiophene rings is 1. The number of carbonyl (C=O) groups is 1. The maximum Gasteiger partial charge on any atom is 0.308 e. The summed E-state index contributed by atoms with van der Waals surface area (Å²) in [6.45, 7) is 5.97. The fourth-order valence-corrected chi connectivity index (χ4v) is 5.51. The van der Waals surface area contributed by atoms with Crippen LogP contribution in [0.5, 0.6) is 0 Å². The summed E-state index contributed by atoms with van der Waals surface area (Å²) in [6, 6.07) is 10.2. The second-order valence-corrected chi connectivity index (χ2v) is 9.58. The van der Waals surface area contributed by atoms with Crippen LogP contribution in [0, 0.1) is 32.4 Å². The number of hydrogen-bond acceptors (Lipinski definition) is 6. The van der Waals surface area contributed by atoms with Crippen molar-refractivity contribution >= 4 is 23.0 Å². The van der Waals surface area contributed by atoms with Gasteiger partial charge in [-0.1, -0.05) is 24.3 Å². The molecule has 5 rings (SSSR count). The van der Waals surface area contributed by atoms with E-state index in [4.69, 9.17) is 9.73 Å². The fraction of sp³-hybridized carbons (Fsp3) is 0.231. The van der Waals surface area contributed by atoms with Gasteiger partial charge in [-0.05, 0) is 44.0 Å². The van der Waals surface area contributed by atoms with Gasteiger partial charge in [-0.25, -0.2) is 8.78 Å². The molecule has 0 saturated heterocycles. The molecule has 35 heavy (non-hydrogen) atoms. The molecule has 0 amide bonds. The standard InChI is InChI=1S/C26H22F2N4O2S/c1-13-14(2)35-26-23(13)24(29-21(12-22(33)34-4)25-31-30-15(3)32(25)26)17-7-5-16(6-8-17)19-10-9-18(27)11-20(19)28/h5-11,21H,12H2,1-4H3/t21-/m0/s1. The lowest BCUT2D eigenvalue weighted by Gasteiger charge is -2.12. The second-order valence-electron chi connectivity index (χ2n) is 8.38. The van der Waals surface area contributed by atoms with Gasteiger partial charge in [0.25, 0.3) is 0 Å². The minimum atomic E-state index is -0.623. The number of aliphatic imine (C=N–C) groups is 1. The van der Waals surface area contributed by atoms with Gasteiger partial charge in [0.1, 0.15) is 28.5 Å². The molecule has 9 heteroatoms. The molecule has 0 aliphatic carbocycles. The minimum Gasteiger partial charge on any atom is -0.469 e. The van der Waals surface area contributed by atoms with Gasteiger partial charge >= 0.3 is 5.97 Å². The number of benzene rings is 2. The largest absolute Gasteiger partial charge is 0.469 e. The summed E-state index contributed by atoms with van der Waals surface area (Å²) in [4.78, 5) is 18.4. The molecule has 1 atom stereocenters. The van der Waals surface area contributed by atoms with Crippen LogP contribution in [0.15, 0.2) is 47.5 Å². The number of methoxy groups -OCH3 is 1. The first kappa shape index (κ1) is 23.0. The third-order valence-electron chi connectivity index (χ3n) is 6.23. The third-order valence-corrected chi connectivity index (χ3v) is 7.42. The topological polar surface area (TPSA) is 69.4 Å². The highest BCUT2D eigenvalue weighted by atomic mass is 32.1. The van der Waals surface area contributed by atoms with E-state index >= 15 is 0 Å². The van der Waals surface area contributed by atoms with Gasteiger partial charge < -0.3 is 4.74 Å². The van der Waals surface area contributed by atoms with E-state index in [2.05, 4.69) is 17.1 Å². The van der Waals surface area contributed by atoms with Crippen LogP contribution < -0.4 is 0 Å². The van der Waals surface area contributed by atoms with E-state index in [1.54, 1.807) is 23.5 Å². The Morgan fingerprint density at radius 2 is 1.77 bits per heavy atom. The zero-order valence-corrected chi connectivity index (χ0v) is 20.4. The average Bonchev–Trinajstić information content (AvgIpc) is 3.31. The number of rotatable bonds is 4. The predicted octanol–water partition coefficient (Wildman–Crippen LogP) is 5.65. The first-order chi connectivity index (χ1) is 16.8. The van der Waals surface area contributed by atoms with Crippen LogP contribution in [0.2, 0.25) is 0 Å². The van der Waals surface area contributed by atoms with E-state index < -0.39 is 23.6 Å². The summed E-state index contributed by atoms with van der Waals surface area (Å²) in [7, 11) is 1.34. The average molecular weight is 493 g/mol. The molecule has 1 aliphatic rings. The van der Waals surface area contributed by atoms with Gasteiger partial charge in [0, 0.05) is 27.6 Å². The van der Waals surface area contributed by atoms with E-state index in [0.29, 0.717) is 28.5 Å². The summed E-state index contributed by atoms with van der Waals surface area (Å²) in [5.41, 5.74) is 4.49. The highest BCUT2D eigenvalue weighted by Gasteiger charge is 2.32. The normalized spacial score (nSPS) is 14.7. The van der Waals surface area contributed by atoms with Crippen molar-refractivity contribution in [2.45, 2.75) is 33.2 Å². The molecule has 0 spiro atoms. The zero-order valence-electron chi connectivity index (χ0n) is 19.6. The SMILES string of the molecule is COC(=O)C[C@@H]1N=C(c2ccc(-c3ccc(F)cc3F)cc2)c2c(sc(C)c2C)-n2c(C)nnc21. The van der Waals surface area contributed by atoms with Gasteiger partial charge in [-0.3, -0.25) is 14.4 Å². The van der Waals surface area contributed by atoms with Crippen LogP contribution in [-0.4, -0.2) is 33.6 Å². The van der Waals surface area contributed by atoms with Crippen LogP contribution in [0.25, 0.3) is 16.1 Å². The smallest absolute Gasteiger partial charge is 0.308 e. The maximum absolute atomic E-state index is 14.3. The molecule has 0 unspecified atom stereocenters. The van der Waals surface area contributed by atoms with Crippen molar-refractivity contribution in [3.8, 4) is 16.1 Å². The number of esters is 1. The highest BCUT2D eigenvalue weighted by molar-refractivity contribution is 7.15. The van der Waals surface area contributed by atoms with Crippen LogP contribution in [0.3, 0.4) is 0 Å². The Morgan fingerprint density at radius 1 is 1.06 bits per heavy atom. The summed E-state index contributed by atoms with van der Waals surface area (Å²) >= 11 is 1.62. The Morgan fingerprint density at radius 3 is 2.46 bits per heavy atom. The van der Waals surface area contributed by atoms with Gasteiger partial charge in [0.15, 0.2) is 5.82 Å². The molecule has 1 aliphatic heterocycles. The lowest BCUT2D eigenvalue weighted by Crippen LogP contribution is -2.12. The summed E-state index contributed by atoms with van der Waals surface area (Å²) in [5, 5.41) is 9.55. The van der Waals surface area contributed by atoms with E-state index in [1.807, 2.05) is 30.5 Å². The number of nitrogens with zero attached hydrogens (tertiary/aromatic N) is 4. The number of fused-ring (bicyclic) bond motifs is 3. The molecule has 0 N–H and O–H groups in total. The van der Waals surface area contributed by atoms with Crippen LogP contribution >= 0.6 is 11.3 Å². The van der Waals surface area contributed by atoms with Crippen LogP contribution in [-0.2, 0) is 9.53 Å². The number of hydrogen-bond donors (Lipinski definition) is 0. The summed E-state index contributed by atoms with van der Waals surface area (Å²) in [5.74, 6) is -0.356. The molecule has 3 heterocycles.